The first kappa shape index (κ1) is 11.0. The van der Waals surface area contributed by atoms with Crippen molar-refractivity contribution in [2.45, 2.75) is 38.5 Å². The van der Waals surface area contributed by atoms with E-state index >= 15 is 0 Å². The molecule has 0 bridgehead atoms. The van der Waals surface area contributed by atoms with Crippen LogP contribution in [-0.2, 0) is 10.8 Å². The maximum atomic E-state index is 9.99. The van der Waals surface area contributed by atoms with Crippen molar-refractivity contribution in [2.24, 2.45) is 0 Å². The molecule has 0 fully saturated rings. The molecule has 0 aromatic heterocycles. The van der Waals surface area contributed by atoms with E-state index in [1.165, 1.54) is 0 Å². The van der Waals surface area contributed by atoms with E-state index in [1.54, 1.807) is 27.7 Å². The minimum atomic E-state index is -1.44. The average Bonchev–Trinajstić information content (AvgIpc) is 3.28. The Labute approximate surface area is 291 Å². The van der Waals surface area contributed by atoms with E-state index in [0.29, 0.717) is 4.90 Å². The molecule has 0 unspecified atom stereocenters. The maximum Gasteiger partial charge on any atom is 0.0648 e. The fourth-order valence-corrected chi connectivity index (χ4v) is 4.93. The third-order valence-electron chi connectivity index (χ3n) is 7.94. The number of fused-ring (bicyclic) bond motifs is 3. The lowest BCUT2D eigenvalue weighted by Gasteiger charge is -2.48. The fourth-order valence-electron chi connectivity index (χ4n) is 4.93. The van der Waals surface area contributed by atoms with Gasteiger partial charge in [0.05, 0.1) is 34.3 Å². The molecule has 7 rings (SSSR count). The van der Waals surface area contributed by atoms with Crippen LogP contribution in [0.5, 0.6) is 0 Å². The molecule has 0 aliphatic heterocycles. The minimum Gasteiger partial charge on any atom is -0.310 e. The first-order valence-electron chi connectivity index (χ1n) is 25.7. The van der Waals surface area contributed by atoms with Gasteiger partial charge in [-0.1, -0.05) is 143 Å². The molecular formula is C42H37N. The van der Waals surface area contributed by atoms with Gasteiger partial charge in [0.2, 0.25) is 0 Å². The minimum absolute atomic E-state index is 0.0588. The number of nitrogens with zero attached hydrogens (tertiary/aromatic N) is 1. The van der Waals surface area contributed by atoms with Crippen LogP contribution in [0.3, 0.4) is 0 Å². The van der Waals surface area contributed by atoms with Gasteiger partial charge in [0, 0.05) is 17.1 Å². The van der Waals surface area contributed by atoms with Gasteiger partial charge in [0.15, 0.2) is 0 Å². The summed E-state index contributed by atoms with van der Waals surface area (Å²) < 4.78 is 222. The lowest BCUT2D eigenvalue weighted by molar-refractivity contribution is 0.299. The van der Waals surface area contributed by atoms with Crippen LogP contribution in [0.4, 0.5) is 17.1 Å². The van der Waals surface area contributed by atoms with Crippen LogP contribution in [0.25, 0.3) is 33.4 Å². The van der Waals surface area contributed by atoms with Crippen LogP contribution in [0.2, 0.25) is 0 Å². The highest BCUT2D eigenvalue weighted by Crippen LogP contribution is 2.54. The van der Waals surface area contributed by atoms with E-state index in [2.05, 4.69) is 0 Å². The second kappa shape index (κ2) is 10.4. The molecule has 0 amide bonds. The monoisotopic (exact) mass is 580 g/mol. The lowest BCUT2D eigenvalue weighted by Crippen LogP contribution is -2.43. The van der Waals surface area contributed by atoms with Crippen molar-refractivity contribution in [2.75, 3.05) is 4.90 Å². The third kappa shape index (κ3) is 4.57. The first-order chi connectivity index (χ1) is 31.3. The van der Waals surface area contributed by atoms with Crippen LogP contribution in [0, 0.1) is 0 Å². The summed E-state index contributed by atoms with van der Waals surface area (Å²) in [5.41, 5.74) is -9.21. The summed E-state index contributed by atoms with van der Waals surface area (Å²) in [6.07, 6.45) is 0. The van der Waals surface area contributed by atoms with E-state index in [0.717, 1.165) is 0 Å². The van der Waals surface area contributed by atoms with E-state index in [9.17, 15) is 15.1 Å². The molecule has 0 N–H and O–H groups in total. The Bertz CT molecular complexity index is 3050. The zero-order valence-corrected chi connectivity index (χ0v) is 23.4. The summed E-state index contributed by atoms with van der Waals surface area (Å²) >= 11 is 0. The molecule has 210 valence electrons. The van der Waals surface area contributed by atoms with Crippen molar-refractivity contribution in [3.63, 3.8) is 0 Å². The topological polar surface area (TPSA) is 3.24 Å². The van der Waals surface area contributed by atoms with Gasteiger partial charge in [-0.05, 0) is 91.6 Å². The fraction of sp³-hybridized carbons (Fsp3) is 0.143. The summed E-state index contributed by atoms with van der Waals surface area (Å²) in [5.74, 6) is 0. The Morgan fingerprint density at radius 3 is 1.33 bits per heavy atom. The number of rotatable bonds is 5. The molecule has 0 spiro atoms. The molecule has 1 heteroatoms. The average molecular weight is 581 g/mol. The van der Waals surface area contributed by atoms with Gasteiger partial charge < -0.3 is 4.90 Å². The molecule has 43 heavy (non-hydrogen) atoms. The molecule has 0 saturated carbocycles. The molecule has 1 aliphatic carbocycles. The summed E-state index contributed by atoms with van der Waals surface area (Å²) in [5, 5.41) is 0. The van der Waals surface area contributed by atoms with Crippen molar-refractivity contribution in [3.05, 3.63) is 162 Å². The van der Waals surface area contributed by atoms with E-state index in [4.69, 9.17) is 19.2 Å². The van der Waals surface area contributed by atoms with Crippen LogP contribution in [0.15, 0.2) is 151 Å². The van der Waals surface area contributed by atoms with E-state index in [1.807, 2.05) is 0 Å². The van der Waals surface area contributed by atoms with Gasteiger partial charge in [-0.3, -0.25) is 0 Å². The molecule has 6 aromatic carbocycles. The predicted octanol–water partition coefficient (Wildman–Crippen LogP) is 11.7. The Hall–Kier alpha value is -4.88. The van der Waals surface area contributed by atoms with Crippen LogP contribution in [-0.4, -0.2) is 0 Å². The SMILES string of the molecule is [2H]c1c([2H])c([2H])c(-c2c([2H])c([2H])c(N(c3c([2H])c([2H])c(-c4c([2H])c([2H])c([2H])c([2H])c4[2H])c([2H])c3[2H])c3c([2H])c([2H])c4c(c3[2H])C(C)(C)C(C)(C)c3c([2H])c([2H])c([2H])c([2H])c3-4)c([2H])c2[2H])c([2H])c1[2H]. The molecule has 0 radical (unpaired) electrons. The number of hydrogen-bond donors (Lipinski definition) is 0. The summed E-state index contributed by atoms with van der Waals surface area (Å²) in [6.45, 7) is 6.45. The Balaban J connectivity index is 1.73. The quantitative estimate of drug-likeness (QED) is 0.196. The van der Waals surface area contributed by atoms with Crippen LogP contribution >= 0.6 is 0 Å². The molecule has 0 saturated heterocycles. The second-order valence-electron chi connectivity index (χ2n) is 10.8. The highest BCUT2D eigenvalue weighted by Gasteiger charge is 2.45. The van der Waals surface area contributed by atoms with Gasteiger partial charge in [0.1, 0.15) is 0 Å². The summed E-state index contributed by atoms with van der Waals surface area (Å²) in [4.78, 5) is 0.529. The van der Waals surface area contributed by atoms with Crippen LogP contribution in [0.1, 0.15) is 73.1 Å². The van der Waals surface area contributed by atoms with Gasteiger partial charge >= 0.3 is 0 Å². The molecule has 0 heterocycles. The van der Waals surface area contributed by atoms with Gasteiger partial charge in [-0.15, -0.1) is 0 Å². The van der Waals surface area contributed by atoms with Gasteiger partial charge in [-0.2, -0.15) is 0 Å². The largest absolute Gasteiger partial charge is 0.310 e. The molecular weight excluding hydrogens is 518 g/mol. The smallest absolute Gasteiger partial charge is 0.0648 e. The normalized spacial score (nSPS) is 22.6. The van der Waals surface area contributed by atoms with Crippen molar-refractivity contribution in [1.82, 2.24) is 0 Å². The lowest BCUT2D eigenvalue weighted by atomic mass is 9.55. The molecule has 1 aliphatic rings. The van der Waals surface area contributed by atoms with E-state index in [-0.39, 0.29) is 22.3 Å². The van der Waals surface area contributed by atoms with Crippen molar-refractivity contribution < 1.29 is 34.3 Å². The molecule has 6 aromatic rings. The highest BCUT2D eigenvalue weighted by molar-refractivity contribution is 5.84. The van der Waals surface area contributed by atoms with Crippen LogP contribution < -0.4 is 4.90 Å². The highest BCUT2D eigenvalue weighted by atomic mass is 15.1. The first-order valence-corrected chi connectivity index (χ1v) is 13.2. The standard InChI is InChI=1S/C42H37N/c1-41(2)39-18-12-11-17-37(39)38-28-27-36(29-40(38)42(41,3)4)43(34-23-19-32(20-24-34)30-13-7-5-8-14-30)35-25-21-33(22-26-35)31-15-9-6-10-16-31/h5-29H,1-4H3/i5D,6D,7D,8D,9D,10D,11D,12D,13D,14D,15D,16D,17D,18D,19D,20D,21D,22D,23D,24D,25D,26D,27D,28D,29D. The van der Waals surface area contributed by atoms with Crippen molar-refractivity contribution in [1.29, 1.82) is 0 Å². The molecule has 1 nitrogen and oxygen atoms in total. The summed E-state index contributed by atoms with van der Waals surface area (Å²) in [6, 6.07) is -22.4. The Morgan fingerprint density at radius 1 is 0.395 bits per heavy atom. The van der Waals surface area contributed by atoms with Gasteiger partial charge in [-0.25, -0.2) is 0 Å². The Morgan fingerprint density at radius 2 is 0.791 bits per heavy atom. The predicted molar refractivity (Wildman–Crippen MR) is 183 cm³/mol. The second-order valence-corrected chi connectivity index (χ2v) is 10.8. The zero-order chi connectivity index (χ0) is 51.4. The number of anilines is 3. The zero-order valence-electron chi connectivity index (χ0n) is 48.4. The van der Waals surface area contributed by atoms with E-state index < -0.39 is 201 Å². The Kier molecular flexibility index (Phi) is 2.67. The van der Waals surface area contributed by atoms with Crippen molar-refractivity contribution >= 4 is 17.1 Å². The number of benzene rings is 6. The molecule has 0 atom stereocenters. The number of hydrogen-bond acceptors (Lipinski definition) is 1. The third-order valence-corrected chi connectivity index (χ3v) is 7.94. The summed E-state index contributed by atoms with van der Waals surface area (Å²) in [7, 11) is 0. The van der Waals surface area contributed by atoms with Crippen molar-refractivity contribution in [3.8, 4) is 33.4 Å². The maximum absolute atomic E-state index is 9.99. The van der Waals surface area contributed by atoms with Gasteiger partial charge in [0.25, 0.3) is 0 Å².